The molecule has 1 saturated heterocycles. The Bertz CT molecular complexity index is 629. The number of piperidine rings is 1. The Hall–Kier alpha value is -1.73. The number of aromatic nitrogens is 4. The molecule has 0 spiro atoms. The molecule has 0 aliphatic carbocycles. The molecule has 0 atom stereocenters. The SMILES string of the molecule is Cc1cc(N2CCC(O)(CN(C)C)CC2)n2ncnc2n1. The molecule has 1 aliphatic rings. The lowest BCUT2D eigenvalue weighted by Crippen LogP contribution is -2.50. The van der Waals surface area contributed by atoms with Gasteiger partial charge in [0.05, 0.1) is 5.60 Å². The summed E-state index contributed by atoms with van der Waals surface area (Å²) < 4.78 is 1.77. The Kier molecular flexibility index (Phi) is 3.54. The summed E-state index contributed by atoms with van der Waals surface area (Å²) in [5.74, 6) is 1.63. The van der Waals surface area contributed by atoms with Gasteiger partial charge in [0.25, 0.3) is 5.78 Å². The topological polar surface area (TPSA) is 69.8 Å². The van der Waals surface area contributed by atoms with Crippen LogP contribution < -0.4 is 4.90 Å². The molecule has 3 heterocycles. The summed E-state index contributed by atoms with van der Waals surface area (Å²) >= 11 is 0. The number of fused-ring (bicyclic) bond motifs is 1. The Morgan fingerprint density at radius 3 is 2.71 bits per heavy atom. The van der Waals surface area contributed by atoms with E-state index in [0.29, 0.717) is 12.3 Å². The Morgan fingerprint density at radius 1 is 1.33 bits per heavy atom. The van der Waals surface area contributed by atoms with E-state index in [4.69, 9.17) is 0 Å². The molecule has 1 N–H and O–H groups in total. The van der Waals surface area contributed by atoms with Gasteiger partial charge in [-0.25, -0.2) is 4.98 Å². The van der Waals surface area contributed by atoms with Gasteiger partial charge in [0.15, 0.2) is 0 Å². The third-order valence-electron chi connectivity index (χ3n) is 3.99. The van der Waals surface area contributed by atoms with E-state index in [0.717, 1.165) is 37.4 Å². The number of hydrogen-bond donors (Lipinski definition) is 1. The van der Waals surface area contributed by atoms with Gasteiger partial charge >= 0.3 is 0 Å². The normalized spacial score (nSPS) is 18.6. The standard InChI is InChI=1S/C14H22N6O/c1-11-8-12(20-13(17-11)15-10-16-20)19-6-4-14(21,5-7-19)9-18(2)3/h8,10,21H,4-7,9H2,1-3H3. The maximum atomic E-state index is 10.6. The maximum absolute atomic E-state index is 10.6. The maximum Gasteiger partial charge on any atom is 0.254 e. The highest BCUT2D eigenvalue weighted by Gasteiger charge is 2.33. The fourth-order valence-electron chi connectivity index (χ4n) is 3.04. The van der Waals surface area contributed by atoms with Crippen LogP contribution in [0.2, 0.25) is 0 Å². The molecule has 0 bridgehead atoms. The van der Waals surface area contributed by atoms with Crippen molar-refractivity contribution in [2.45, 2.75) is 25.4 Å². The van der Waals surface area contributed by atoms with E-state index in [2.05, 4.69) is 20.0 Å². The molecule has 114 valence electrons. The quantitative estimate of drug-likeness (QED) is 0.878. The first-order valence-electron chi connectivity index (χ1n) is 7.26. The zero-order valence-corrected chi connectivity index (χ0v) is 12.8. The van der Waals surface area contributed by atoms with Gasteiger partial charge in [0, 0.05) is 31.4 Å². The summed E-state index contributed by atoms with van der Waals surface area (Å²) in [7, 11) is 3.99. The highest BCUT2D eigenvalue weighted by molar-refractivity contribution is 5.47. The molecule has 0 aromatic carbocycles. The number of rotatable bonds is 3. The number of aryl methyl sites for hydroxylation is 1. The lowest BCUT2D eigenvalue weighted by molar-refractivity contribution is -0.00552. The van der Waals surface area contributed by atoms with E-state index in [1.165, 1.54) is 6.33 Å². The average Bonchev–Trinajstić information content (AvgIpc) is 2.85. The smallest absolute Gasteiger partial charge is 0.254 e. The average molecular weight is 290 g/mol. The molecule has 1 aliphatic heterocycles. The summed E-state index contributed by atoms with van der Waals surface area (Å²) in [5.41, 5.74) is 0.337. The molecule has 0 unspecified atom stereocenters. The van der Waals surface area contributed by atoms with E-state index in [9.17, 15) is 5.11 Å². The van der Waals surface area contributed by atoms with Crippen LogP contribution in [0, 0.1) is 6.92 Å². The summed E-state index contributed by atoms with van der Waals surface area (Å²) in [6, 6.07) is 2.03. The molecule has 1 fully saturated rings. The predicted molar refractivity (Wildman–Crippen MR) is 80.5 cm³/mol. The molecule has 0 radical (unpaired) electrons. The number of hydrogen-bond acceptors (Lipinski definition) is 6. The molecular weight excluding hydrogens is 268 g/mol. The van der Waals surface area contributed by atoms with Crippen LogP contribution in [0.25, 0.3) is 5.78 Å². The first-order valence-corrected chi connectivity index (χ1v) is 7.26. The van der Waals surface area contributed by atoms with Crippen molar-refractivity contribution in [3.05, 3.63) is 18.1 Å². The van der Waals surface area contributed by atoms with Crippen molar-refractivity contribution in [1.82, 2.24) is 24.5 Å². The van der Waals surface area contributed by atoms with E-state index >= 15 is 0 Å². The second-order valence-corrected chi connectivity index (χ2v) is 6.18. The van der Waals surface area contributed by atoms with Gasteiger partial charge < -0.3 is 14.9 Å². The van der Waals surface area contributed by atoms with Gasteiger partial charge in [0.1, 0.15) is 12.1 Å². The van der Waals surface area contributed by atoms with Crippen LogP contribution in [-0.4, -0.2) is 68.9 Å². The highest BCUT2D eigenvalue weighted by atomic mass is 16.3. The predicted octanol–water partition coefficient (Wildman–Crippen LogP) is 0.326. The minimum atomic E-state index is -0.594. The highest BCUT2D eigenvalue weighted by Crippen LogP contribution is 2.27. The van der Waals surface area contributed by atoms with Crippen LogP contribution in [0.3, 0.4) is 0 Å². The van der Waals surface area contributed by atoms with E-state index in [1.807, 2.05) is 32.0 Å². The largest absolute Gasteiger partial charge is 0.388 e. The van der Waals surface area contributed by atoms with Gasteiger partial charge in [-0.15, -0.1) is 0 Å². The zero-order valence-electron chi connectivity index (χ0n) is 12.8. The lowest BCUT2D eigenvalue weighted by Gasteiger charge is -2.40. The Balaban J connectivity index is 1.81. The monoisotopic (exact) mass is 290 g/mol. The van der Waals surface area contributed by atoms with Crippen LogP contribution >= 0.6 is 0 Å². The number of aliphatic hydroxyl groups is 1. The van der Waals surface area contributed by atoms with Gasteiger partial charge in [-0.3, -0.25) is 0 Å². The van der Waals surface area contributed by atoms with Crippen molar-refractivity contribution in [2.24, 2.45) is 0 Å². The minimum Gasteiger partial charge on any atom is -0.388 e. The van der Waals surface area contributed by atoms with Gasteiger partial charge in [-0.1, -0.05) is 0 Å². The molecule has 3 rings (SSSR count). The molecule has 0 amide bonds. The second-order valence-electron chi connectivity index (χ2n) is 6.18. The zero-order chi connectivity index (χ0) is 15.0. The summed E-state index contributed by atoms with van der Waals surface area (Å²) in [5, 5.41) is 14.9. The third-order valence-corrected chi connectivity index (χ3v) is 3.99. The van der Waals surface area contributed by atoms with Crippen molar-refractivity contribution in [3.8, 4) is 0 Å². The molecule has 7 heteroatoms. The van der Waals surface area contributed by atoms with Crippen molar-refractivity contribution >= 4 is 11.6 Å². The summed E-state index contributed by atoms with van der Waals surface area (Å²) in [6.45, 7) is 4.28. The molecule has 0 saturated carbocycles. The summed E-state index contributed by atoms with van der Waals surface area (Å²) in [6.07, 6.45) is 3.03. The lowest BCUT2D eigenvalue weighted by atomic mass is 9.91. The van der Waals surface area contributed by atoms with Crippen molar-refractivity contribution in [2.75, 3.05) is 38.6 Å². The van der Waals surface area contributed by atoms with E-state index < -0.39 is 5.60 Å². The van der Waals surface area contributed by atoms with E-state index in [-0.39, 0.29) is 0 Å². The second kappa shape index (κ2) is 5.23. The number of anilines is 1. The van der Waals surface area contributed by atoms with Crippen LogP contribution in [0.1, 0.15) is 18.5 Å². The fraction of sp³-hybridized carbons (Fsp3) is 0.643. The van der Waals surface area contributed by atoms with Crippen LogP contribution in [0.5, 0.6) is 0 Å². The molecule has 2 aromatic rings. The first kappa shape index (κ1) is 14.2. The fourth-order valence-corrected chi connectivity index (χ4v) is 3.04. The van der Waals surface area contributed by atoms with Crippen LogP contribution in [0.15, 0.2) is 12.4 Å². The first-order chi connectivity index (χ1) is 9.97. The van der Waals surface area contributed by atoms with Crippen LogP contribution in [-0.2, 0) is 0 Å². The van der Waals surface area contributed by atoms with Gasteiger partial charge in [-0.05, 0) is 33.9 Å². The van der Waals surface area contributed by atoms with E-state index in [1.54, 1.807) is 4.52 Å². The van der Waals surface area contributed by atoms with Crippen LogP contribution in [0.4, 0.5) is 5.82 Å². The minimum absolute atomic E-state index is 0.594. The Morgan fingerprint density at radius 2 is 2.05 bits per heavy atom. The van der Waals surface area contributed by atoms with Crippen molar-refractivity contribution < 1.29 is 5.11 Å². The van der Waals surface area contributed by atoms with Crippen molar-refractivity contribution in [3.63, 3.8) is 0 Å². The molecular formula is C14H22N6O. The molecule has 21 heavy (non-hydrogen) atoms. The van der Waals surface area contributed by atoms with Crippen molar-refractivity contribution in [1.29, 1.82) is 0 Å². The molecule has 7 nitrogen and oxygen atoms in total. The number of likely N-dealkylation sites (N-methyl/N-ethyl adjacent to an activating group) is 1. The number of nitrogens with zero attached hydrogens (tertiary/aromatic N) is 6. The summed E-state index contributed by atoms with van der Waals surface area (Å²) in [4.78, 5) is 12.8. The van der Waals surface area contributed by atoms with Gasteiger partial charge in [-0.2, -0.15) is 14.6 Å². The third kappa shape index (κ3) is 2.84. The Labute approximate surface area is 124 Å². The van der Waals surface area contributed by atoms with Gasteiger partial charge in [0.2, 0.25) is 0 Å². The molecule has 2 aromatic heterocycles.